The summed E-state index contributed by atoms with van der Waals surface area (Å²) in [6.45, 7) is 0. The monoisotopic (exact) mass is 340 g/mol. The standard InChI is InChI=1S/C14H16N2O8/c1-15(9-4-6-10(7-5-9)16(21)22)14(8-11(17)18,12(19)23-2)13(20)24-3/h4-7H,8H2,1-3H3,(H,17,18). The Hall–Kier alpha value is -3.17. The SMILES string of the molecule is COC(=O)C(CC(=O)O)(C(=O)OC)N(C)c1ccc([N+](=O)[O-])cc1. The van der Waals surface area contributed by atoms with Gasteiger partial charge in [-0.2, -0.15) is 0 Å². The highest BCUT2D eigenvalue weighted by Crippen LogP contribution is 2.30. The molecule has 1 N–H and O–H groups in total. The van der Waals surface area contributed by atoms with E-state index in [-0.39, 0.29) is 11.4 Å². The molecule has 0 aliphatic heterocycles. The number of nitro groups is 1. The van der Waals surface area contributed by atoms with Crippen LogP contribution in [-0.4, -0.2) is 54.7 Å². The van der Waals surface area contributed by atoms with E-state index >= 15 is 0 Å². The molecule has 0 radical (unpaired) electrons. The van der Waals surface area contributed by atoms with E-state index in [9.17, 15) is 24.5 Å². The molecule has 0 heterocycles. The topological polar surface area (TPSA) is 136 Å². The lowest BCUT2D eigenvalue weighted by molar-refractivity contribution is -0.384. The Morgan fingerprint density at radius 3 is 1.96 bits per heavy atom. The maximum Gasteiger partial charge on any atom is 0.344 e. The van der Waals surface area contributed by atoms with Gasteiger partial charge in [0.05, 0.1) is 25.6 Å². The zero-order chi connectivity index (χ0) is 18.5. The summed E-state index contributed by atoms with van der Waals surface area (Å²) in [6, 6.07) is 4.87. The minimum Gasteiger partial charge on any atom is -0.481 e. The number of benzene rings is 1. The summed E-state index contributed by atoms with van der Waals surface area (Å²) in [4.78, 5) is 46.8. The minimum absolute atomic E-state index is 0.192. The van der Waals surface area contributed by atoms with Crippen LogP contribution in [0.3, 0.4) is 0 Å². The van der Waals surface area contributed by atoms with Gasteiger partial charge in [0.1, 0.15) is 0 Å². The number of carboxylic acids is 1. The van der Waals surface area contributed by atoms with E-state index in [1.165, 1.54) is 19.2 Å². The van der Waals surface area contributed by atoms with Gasteiger partial charge in [-0.1, -0.05) is 0 Å². The molecule has 0 aromatic heterocycles. The maximum absolute atomic E-state index is 12.2. The molecule has 0 aliphatic rings. The first-order valence-electron chi connectivity index (χ1n) is 6.57. The van der Waals surface area contributed by atoms with Crippen LogP contribution in [0.25, 0.3) is 0 Å². The van der Waals surface area contributed by atoms with Crippen LogP contribution in [0, 0.1) is 10.1 Å². The highest BCUT2D eigenvalue weighted by molar-refractivity contribution is 6.10. The zero-order valence-corrected chi connectivity index (χ0v) is 13.2. The van der Waals surface area contributed by atoms with E-state index < -0.39 is 34.8 Å². The second kappa shape index (κ2) is 7.40. The number of anilines is 1. The van der Waals surface area contributed by atoms with Crippen molar-refractivity contribution >= 4 is 29.3 Å². The molecule has 0 saturated heterocycles. The van der Waals surface area contributed by atoms with Crippen molar-refractivity contribution in [2.45, 2.75) is 12.0 Å². The number of rotatable bonds is 7. The highest BCUT2D eigenvalue weighted by Gasteiger charge is 2.54. The second-order valence-electron chi connectivity index (χ2n) is 4.75. The van der Waals surface area contributed by atoms with Crippen molar-refractivity contribution < 1.29 is 33.9 Å². The van der Waals surface area contributed by atoms with E-state index in [1.807, 2.05) is 0 Å². The van der Waals surface area contributed by atoms with E-state index in [0.717, 1.165) is 31.3 Å². The van der Waals surface area contributed by atoms with E-state index in [2.05, 4.69) is 9.47 Å². The molecule has 0 amide bonds. The Kier molecular flexibility index (Phi) is 5.82. The third kappa shape index (κ3) is 3.42. The van der Waals surface area contributed by atoms with Gasteiger partial charge in [-0.3, -0.25) is 14.9 Å². The first-order chi connectivity index (χ1) is 11.2. The van der Waals surface area contributed by atoms with E-state index in [1.54, 1.807) is 0 Å². The van der Waals surface area contributed by atoms with Gasteiger partial charge in [-0.25, -0.2) is 9.59 Å². The molecule has 1 rings (SSSR count). The van der Waals surface area contributed by atoms with Gasteiger partial charge in [0.25, 0.3) is 5.69 Å². The van der Waals surface area contributed by atoms with E-state index in [0.29, 0.717) is 0 Å². The summed E-state index contributed by atoms with van der Waals surface area (Å²) in [5, 5.41) is 19.8. The van der Waals surface area contributed by atoms with Gasteiger partial charge >= 0.3 is 17.9 Å². The molecular weight excluding hydrogens is 324 g/mol. The van der Waals surface area contributed by atoms with Gasteiger partial charge in [0.15, 0.2) is 0 Å². The number of aliphatic carboxylic acids is 1. The average Bonchev–Trinajstić information content (AvgIpc) is 2.57. The summed E-state index contributed by atoms with van der Waals surface area (Å²) < 4.78 is 9.18. The Bertz CT molecular complexity index is 639. The van der Waals surface area contributed by atoms with Crippen molar-refractivity contribution in [1.29, 1.82) is 0 Å². The zero-order valence-electron chi connectivity index (χ0n) is 13.2. The molecule has 1 aromatic carbocycles. The lowest BCUT2D eigenvalue weighted by Crippen LogP contribution is -2.61. The number of hydrogen-bond acceptors (Lipinski definition) is 8. The Balaban J connectivity index is 3.45. The van der Waals surface area contributed by atoms with Crippen molar-refractivity contribution in [1.82, 2.24) is 0 Å². The number of non-ortho nitro benzene ring substituents is 1. The molecule has 0 atom stereocenters. The summed E-state index contributed by atoms with van der Waals surface area (Å²) in [5.74, 6) is -3.69. The number of carbonyl (C=O) groups excluding carboxylic acids is 2. The summed E-state index contributed by atoms with van der Waals surface area (Å²) in [5.41, 5.74) is -2.28. The van der Waals surface area contributed by atoms with Crippen molar-refractivity contribution in [3.63, 3.8) is 0 Å². The molecule has 0 unspecified atom stereocenters. The van der Waals surface area contributed by atoms with Crippen LogP contribution >= 0.6 is 0 Å². The molecule has 0 bridgehead atoms. The average molecular weight is 340 g/mol. The van der Waals surface area contributed by atoms with Crippen LogP contribution in [0.1, 0.15) is 6.42 Å². The van der Waals surface area contributed by atoms with Crippen molar-refractivity contribution in [3.05, 3.63) is 34.4 Å². The molecular formula is C14H16N2O8. The fraction of sp³-hybridized carbons (Fsp3) is 0.357. The first-order valence-corrected chi connectivity index (χ1v) is 6.57. The van der Waals surface area contributed by atoms with Gasteiger partial charge in [-0.15, -0.1) is 0 Å². The van der Waals surface area contributed by atoms with Crippen LogP contribution in [0.5, 0.6) is 0 Å². The smallest absolute Gasteiger partial charge is 0.344 e. The fourth-order valence-corrected chi connectivity index (χ4v) is 2.20. The van der Waals surface area contributed by atoms with Gasteiger partial charge in [-0.05, 0) is 12.1 Å². The van der Waals surface area contributed by atoms with Crippen molar-refractivity contribution in [3.8, 4) is 0 Å². The van der Waals surface area contributed by atoms with Gasteiger partial charge < -0.3 is 19.5 Å². The van der Waals surface area contributed by atoms with Crippen molar-refractivity contribution in [2.24, 2.45) is 0 Å². The molecule has 1 aromatic rings. The normalized spacial score (nSPS) is 10.6. The molecule has 0 fully saturated rings. The molecule has 0 saturated carbocycles. The summed E-state index contributed by atoms with van der Waals surface area (Å²) >= 11 is 0. The molecule has 10 heteroatoms. The van der Waals surface area contributed by atoms with Crippen molar-refractivity contribution in [2.75, 3.05) is 26.2 Å². The van der Waals surface area contributed by atoms with Crippen LogP contribution in [0.4, 0.5) is 11.4 Å². The third-order valence-corrected chi connectivity index (χ3v) is 3.47. The molecule has 0 spiro atoms. The number of carbonyl (C=O) groups is 3. The summed E-state index contributed by atoms with van der Waals surface area (Å²) in [7, 11) is 3.30. The third-order valence-electron chi connectivity index (χ3n) is 3.47. The number of hydrogen-bond donors (Lipinski definition) is 1. The number of methoxy groups -OCH3 is 2. The molecule has 0 aliphatic carbocycles. The van der Waals surface area contributed by atoms with Crippen LogP contribution in [-0.2, 0) is 23.9 Å². The first kappa shape index (κ1) is 18.9. The lowest BCUT2D eigenvalue weighted by atomic mass is 9.92. The number of nitro benzene ring substituents is 1. The Morgan fingerprint density at radius 2 is 1.62 bits per heavy atom. The Labute approximate surface area is 136 Å². The second-order valence-corrected chi connectivity index (χ2v) is 4.75. The predicted octanol–water partition coefficient (Wildman–Crippen LogP) is 0.591. The van der Waals surface area contributed by atoms with Crippen LogP contribution in [0.2, 0.25) is 0 Å². The van der Waals surface area contributed by atoms with Crippen LogP contribution in [0.15, 0.2) is 24.3 Å². The lowest BCUT2D eigenvalue weighted by Gasteiger charge is -2.36. The predicted molar refractivity (Wildman–Crippen MR) is 80.5 cm³/mol. The molecule has 24 heavy (non-hydrogen) atoms. The number of likely N-dealkylation sites (N-methyl/N-ethyl adjacent to an activating group) is 1. The maximum atomic E-state index is 12.2. The van der Waals surface area contributed by atoms with Gasteiger partial charge in [0.2, 0.25) is 5.54 Å². The number of nitrogens with zero attached hydrogens (tertiary/aromatic N) is 2. The highest BCUT2D eigenvalue weighted by atomic mass is 16.6. The molecule has 10 nitrogen and oxygen atoms in total. The Morgan fingerprint density at radius 1 is 1.17 bits per heavy atom. The summed E-state index contributed by atoms with van der Waals surface area (Å²) in [6.07, 6.45) is -0.917. The number of carboxylic acid groups (broad SMARTS) is 1. The number of esters is 2. The minimum atomic E-state index is -2.27. The van der Waals surface area contributed by atoms with Gasteiger partial charge in [0, 0.05) is 24.9 Å². The number of ether oxygens (including phenoxy) is 2. The van der Waals surface area contributed by atoms with Crippen LogP contribution < -0.4 is 4.90 Å². The van der Waals surface area contributed by atoms with E-state index in [4.69, 9.17) is 5.11 Å². The molecule has 130 valence electrons. The fourth-order valence-electron chi connectivity index (χ4n) is 2.20. The largest absolute Gasteiger partial charge is 0.481 e. The quantitative estimate of drug-likeness (QED) is 0.327.